The van der Waals surface area contributed by atoms with E-state index in [0.29, 0.717) is 5.82 Å². The Morgan fingerprint density at radius 3 is 2.61 bits per heavy atom. The van der Waals surface area contributed by atoms with Gasteiger partial charge in [-0.25, -0.2) is 0 Å². The van der Waals surface area contributed by atoms with Gasteiger partial charge in [-0.3, -0.25) is 14.3 Å². The van der Waals surface area contributed by atoms with Gasteiger partial charge >= 0.3 is 0 Å². The van der Waals surface area contributed by atoms with Crippen molar-refractivity contribution < 1.29 is 4.79 Å². The minimum Gasteiger partial charge on any atom is -0.281 e. The lowest BCUT2D eigenvalue weighted by Gasteiger charge is -2.24. The molecule has 1 aliphatic heterocycles. The average Bonchev–Trinajstić information content (AvgIpc) is 2.84. The first-order valence-electron chi connectivity index (χ1n) is 7.24. The third kappa shape index (κ3) is 2.17. The number of para-hydroxylation sites is 2. The van der Waals surface area contributed by atoms with Crippen molar-refractivity contribution in [3.8, 4) is 5.69 Å². The van der Waals surface area contributed by atoms with Crippen molar-refractivity contribution in [2.24, 2.45) is 0 Å². The first-order chi connectivity index (χ1) is 11.2. The van der Waals surface area contributed by atoms with Crippen molar-refractivity contribution in [2.45, 2.75) is 13.3 Å². The number of rotatable bonds is 1. The Kier molecular flexibility index (Phi) is 3.27. The number of aryl methyl sites for hydroxylation is 1. The topological polar surface area (TPSA) is 51.0 Å². The van der Waals surface area contributed by atoms with E-state index in [1.54, 1.807) is 4.90 Å². The summed E-state index contributed by atoms with van der Waals surface area (Å²) < 4.78 is 2.80. The van der Waals surface area contributed by atoms with Gasteiger partial charge in [0.25, 0.3) is 0 Å². The normalized spacial score (nSPS) is 13.5. The summed E-state index contributed by atoms with van der Waals surface area (Å²) in [6.45, 7) is 1.89. The van der Waals surface area contributed by atoms with E-state index in [1.165, 1.54) is 0 Å². The monoisotopic (exact) mass is 368 g/mol. The van der Waals surface area contributed by atoms with Gasteiger partial charge in [0.05, 0.1) is 17.8 Å². The summed E-state index contributed by atoms with van der Waals surface area (Å²) in [5.74, 6) is 1.39. The van der Waals surface area contributed by atoms with Crippen LogP contribution in [0, 0.1) is 6.92 Å². The van der Waals surface area contributed by atoms with Crippen LogP contribution in [0.4, 0.5) is 11.4 Å². The van der Waals surface area contributed by atoms with Crippen LogP contribution in [-0.4, -0.2) is 20.7 Å². The molecule has 0 N–H and O–H groups in total. The van der Waals surface area contributed by atoms with Crippen LogP contribution < -0.4 is 4.90 Å². The Balaban J connectivity index is 2.05. The van der Waals surface area contributed by atoms with Crippen LogP contribution in [0.25, 0.3) is 5.69 Å². The minimum absolute atomic E-state index is 0.0319. The van der Waals surface area contributed by atoms with Gasteiger partial charge < -0.3 is 0 Å². The van der Waals surface area contributed by atoms with Gasteiger partial charge in [-0.2, -0.15) is 0 Å². The fourth-order valence-electron chi connectivity index (χ4n) is 2.93. The van der Waals surface area contributed by atoms with Crippen LogP contribution in [0.3, 0.4) is 0 Å². The number of benzene rings is 2. The number of hydrogen-bond donors (Lipinski definition) is 0. The lowest BCUT2D eigenvalue weighted by Crippen LogP contribution is -2.27. The fourth-order valence-corrected chi connectivity index (χ4v) is 3.46. The highest BCUT2D eigenvalue weighted by Gasteiger charge is 2.30. The maximum absolute atomic E-state index is 12.9. The summed E-state index contributed by atoms with van der Waals surface area (Å²) in [6.07, 6.45) is 0.205. The molecule has 23 heavy (non-hydrogen) atoms. The molecule has 0 fully saturated rings. The fraction of sp³-hybridized carbons (Fsp3) is 0.118. The van der Waals surface area contributed by atoms with Crippen LogP contribution in [0.1, 0.15) is 11.6 Å². The maximum Gasteiger partial charge on any atom is 0.239 e. The highest BCUT2D eigenvalue weighted by molar-refractivity contribution is 9.10. The summed E-state index contributed by atoms with van der Waals surface area (Å²) in [5, 5.41) is 8.30. The largest absolute Gasteiger partial charge is 0.281 e. The summed E-state index contributed by atoms with van der Waals surface area (Å²) in [7, 11) is 0. The second-order valence-corrected chi connectivity index (χ2v) is 6.20. The van der Waals surface area contributed by atoms with Gasteiger partial charge in [-0.05, 0) is 47.1 Å². The predicted molar refractivity (Wildman–Crippen MR) is 91.1 cm³/mol. The Morgan fingerprint density at radius 1 is 1.04 bits per heavy atom. The van der Waals surface area contributed by atoms with E-state index in [0.717, 1.165) is 27.4 Å². The number of aromatic nitrogens is 3. The molecule has 0 saturated carbocycles. The van der Waals surface area contributed by atoms with Crippen LogP contribution in [0.15, 0.2) is 53.0 Å². The molecule has 0 aliphatic carbocycles. The predicted octanol–water partition coefficient (Wildman–Crippen LogP) is 3.56. The molecule has 114 valence electrons. The first kappa shape index (κ1) is 14.1. The van der Waals surface area contributed by atoms with Crippen molar-refractivity contribution in [2.75, 3.05) is 4.90 Å². The molecule has 2 heterocycles. The molecule has 4 rings (SSSR count). The van der Waals surface area contributed by atoms with Crippen molar-refractivity contribution in [3.05, 3.63) is 64.7 Å². The van der Waals surface area contributed by atoms with Gasteiger partial charge in [-0.15, -0.1) is 10.2 Å². The summed E-state index contributed by atoms with van der Waals surface area (Å²) in [4.78, 5) is 14.7. The molecule has 0 unspecified atom stereocenters. The number of hydrogen-bond acceptors (Lipinski definition) is 3. The Labute approximate surface area is 141 Å². The van der Waals surface area contributed by atoms with E-state index in [9.17, 15) is 4.79 Å². The molecule has 1 aromatic heterocycles. The smallest absolute Gasteiger partial charge is 0.239 e. The molecule has 0 atom stereocenters. The van der Waals surface area contributed by atoms with Gasteiger partial charge in [0, 0.05) is 10.2 Å². The molecule has 0 saturated heterocycles. The lowest BCUT2D eigenvalue weighted by molar-refractivity contribution is -0.117. The van der Waals surface area contributed by atoms with Crippen LogP contribution in [0.2, 0.25) is 0 Å². The van der Waals surface area contributed by atoms with E-state index in [-0.39, 0.29) is 12.3 Å². The van der Waals surface area contributed by atoms with E-state index in [2.05, 4.69) is 26.1 Å². The van der Waals surface area contributed by atoms with Crippen molar-refractivity contribution in [1.29, 1.82) is 0 Å². The number of carbonyl (C=O) groups excluding carboxylic acids is 1. The maximum atomic E-state index is 12.9. The SMILES string of the molecule is Cc1nnc2n1-c1cccc(Br)c1N(c1ccccc1)C(=O)C2. The standard InChI is InChI=1S/C17H13BrN4O/c1-11-19-20-15-10-16(23)22(12-6-3-2-4-7-12)17-13(18)8-5-9-14(17)21(11)15/h2-9H,10H2,1H3. The molecule has 2 aromatic carbocycles. The second-order valence-electron chi connectivity index (χ2n) is 5.35. The summed E-state index contributed by atoms with van der Waals surface area (Å²) in [5.41, 5.74) is 2.54. The Morgan fingerprint density at radius 2 is 1.83 bits per heavy atom. The van der Waals surface area contributed by atoms with Crippen LogP contribution in [-0.2, 0) is 11.2 Å². The summed E-state index contributed by atoms with van der Waals surface area (Å²) >= 11 is 3.60. The second kappa shape index (κ2) is 5.31. The zero-order chi connectivity index (χ0) is 16.0. The molecule has 3 aromatic rings. The van der Waals surface area contributed by atoms with E-state index in [1.807, 2.05) is 60.0 Å². The Hall–Kier alpha value is -2.47. The van der Waals surface area contributed by atoms with E-state index in [4.69, 9.17) is 0 Å². The van der Waals surface area contributed by atoms with Crippen LogP contribution in [0.5, 0.6) is 0 Å². The molecular weight excluding hydrogens is 356 g/mol. The van der Waals surface area contributed by atoms with Gasteiger partial charge in [0.2, 0.25) is 5.91 Å². The number of anilines is 2. The van der Waals surface area contributed by atoms with Crippen molar-refractivity contribution in [1.82, 2.24) is 14.8 Å². The lowest BCUT2D eigenvalue weighted by atomic mass is 10.2. The van der Waals surface area contributed by atoms with E-state index >= 15 is 0 Å². The number of nitrogens with zero attached hydrogens (tertiary/aromatic N) is 4. The van der Waals surface area contributed by atoms with Gasteiger partial charge in [0.1, 0.15) is 11.6 Å². The highest BCUT2D eigenvalue weighted by atomic mass is 79.9. The highest BCUT2D eigenvalue weighted by Crippen LogP contribution is 2.40. The van der Waals surface area contributed by atoms with E-state index < -0.39 is 0 Å². The molecule has 0 bridgehead atoms. The molecule has 1 amide bonds. The quantitative estimate of drug-likeness (QED) is 0.659. The zero-order valence-corrected chi connectivity index (χ0v) is 14.0. The molecule has 0 radical (unpaired) electrons. The Bertz CT molecular complexity index is 904. The molecular formula is C17H13BrN4O. The number of fused-ring (bicyclic) bond motifs is 3. The van der Waals surface area contributed by atoms with Gasteiger partial charge in [0.15, 0.2) is 0 Å². The average molecular weight is 369 g/mol. The third-order valence-corrected chi connectivity index (χ3v) is 4.53. The molecule has 6 heteroatoms. The van der Waals surface area contributed by atoms with Crippen molar-refractivity contribution >= 4 is 33.2 Å². The minimum atomic E-state index is -0.0319. The molecule has 0 spiro atoms. The number of halogens is 1. The van der Waals surface area contributed by atoms with Gasteiger partial charge in [-0.1, -0.05) is 24.3 Å². The molecule has 1 aliphatic rings. The number of amides is 1. The summed E-state index contributed by atoms with van der Waals surface area (Å²) in [6, 6.07) is 15.5. The first-order valence-corrected chi connectivity index (χ1v) is 8.04. The van der Waals surface area contributed by atoms with Crippen LogP contribution >= 0.6 is 15.9 Å². The molecule has 5 nitrogen and oxygen atoms in total. The zero-order valence-electron chi connectivity index (χ0n) is 12.4. The third-order valence-electron chi connectivity index (χ3n) is 3.90. The van der Waals surface area contributed by atoms with Crippen molar-refractivity contribution in [3.63, 3.8) is 0 Å². The number of carbonyl (C=O) groups is 1.